The van der Waals surface area contributed by atoms with Gasteiger partial charge >= 0.3 is 0 Å². The molecular formula is C15H11N3S. The van der Waals surface area contributed by atoms with Crippen LogP contribution in [-0.4, -0.2) is 9.78 Å². The van der Waals surface area contributed by atoms with Gasteiger partial charge in [-0.15, -0.1) is 11.3 Å². The molecule has 0 saturated heterocycles. The molecule has 0 saturated carbocycles. The third kappa shape index (κ3) is 2.16. The van der Waals surface area contributed by atoms with Crippen LogP contribution in [0.4, 0.5) is 0 Å². The lowest BCUT2D eigenvalue weighted by Gasteiger charge is -2.06. The highest BCUT2D eigenvalue weighted by Crippen LogP contribution is 2.28. The molecule has 0 spiro atoms. The first-order valence-corrected chi connectivity index (χ1v) is 6.77. The first kappa shape index (κ1) is 11.7. The second kappa shape index (κ2) is 4.71. The number of benzene rings is 1. The Bertz CT molecular complexity index is 748. The topological polar surface area (TPSA) is 41.6 Å². The molecule has 3 aromatic rings. The highest BCUT2D eigenvalue weighted by molar-refractivity contribution is 7.13. The van der Waals surface area contributed by atoms with Crippen molar-refractivity contribution in [2.45, 2.75) is 6.92 Å². The standard InChI is InChI=1S/C15H11N3S/c1-11-4-2-5-13(8-11)18-14(9-12(10-16)17-18)15-6-3-7-19-15/h2-9H,1H3. The number of hydrogen-bond donors (Lipinski definition) is 0. The summed E-state index contributed by atoms with van der Waals surface area (Å²) in [5.41, 5.74) is 3.54. The number of rotatable bonds is 2. The maximum absolute atomic E-state index is 9.05. The van der Waals surface area contributed by atoms with Crippen molar-refractivity contribution in [3.8, 4) is 22.3 Å². The van der Waals surface area contributed by atoms with Gasteiger partial charge in [0.15, 0.2) is 5.69 Å². The Morgan fingerprint density at radius 3 is 2.79 bits per heavy atom. The predicted octanol–water partition coefficient (Wildman–Crippen LogP) is 3.78. The molecule has 0 bridgehead atoms. The van der Waals surface area contributed by atoms with Crippen molar-refractivity contribution in [3.63, 3.8) is 0 Å². The number of nitriles is 1. The molecule has 0 unspecified atom stereocenters. The normalized spacial score (nSPS) is 10.3. The Hall–Kier alpha value is -2.38. The molecule has 0 aliphatic rings. The minimum absolute atomic E-state index is 0.435. The molecule has 3 rings (SSSR count). The molecule has 2 aromatic heterocycles. The summed E-state index contributed by atoms with van der Waals surface area (Å²) in [4.78, 5) is 1.11. The van der Waals surface area contributed by atoms with Crippen LogP contribution in [0.3, 0.4) is 0 Å². The van der Waals surface area contributed by atoms with Crippen LogP contribution in [0.2, 0.25) is 0 Å². The maximum Gasteiger partial charge on any atom is 0.163 e. The number of aromatic nitrogens is 2. The molecule has 1 aromatic carbocycles. The predicted molar refractivity (Wildman–Crippen MR) is 76.3 cm³/mol. The van der Waals surface area contributed by atoms with Crippen LogP contribution in [-0.2, 0) is 0 Å². The van der Waals surface area contributed by atoms with Gasteiger partial charge in [0, 0.05) is 6.07 Å². The largest absolute Gasteiger partial charge is 0.231 e. The lowest BCUT2D eigenvalue weighted by atomic mass is 10.2. The van der Waals surface area contributed by atoms with Gasteiger partial charge in [-0.1, -0.05) is 18.2 Å². The van der Waals surface area contributed by atoms with Gasteiger partial charge in [0.25, 0.3) is 0 Å². The van der Waals surface area contributed by atoms with Crippen LogP contribution in [0, 0.1) is 18.3 Å². The summed E-state index contributed by atoms with van der Waals surface area (Å²) in [6, 6.07) is 16.1. The molecule has 19 heavy (non-hydrogen) atoms. The summed E-state index contributed by atoms with van der Waals surface area (Å²) in [5.74, 6) is 0. The van der Waals surface area contributed by atoms with Crippen molar-refractivity contribution < 1.29 is 0 Å². The van der Waals surface area contributed by atoms with Crippen molar-refractivity contribution in [2.75, 3.05) is 0 Å². The molecule has 0 radical (unpaired) electrons. The SMILES string of the molecule is Cc1cccc(-n2nc(C#N)cc2-c2cccs2)c1. The van der Waals surface area contributed by atoms with Gasteiger partial charge in [0.2, 0.25) is 0 Å². The van der Waals surface area contributed by atoms with Crippen molar-refractivity contribution in [2.24, 2.45) is 0 Å². The van der Waals surface area contributed by atoms with Crippen molar-refractivity contribution in [1.29, 1.82) is 5.26 Å². The smallest absolute Gasteiger partial charge is 0.163 e. The molecule has 4 heteroatoms. The zero-order valence-corrected chi connectivity index (χ0v) is 11.2. The van der Waals surface area contributed by atoms with Crippen LogP contribution in [0.5, 0.6) is 0 Å². The van der Waals surface area contributed by atoms with E-state index in [0.717, 1.165) is 16.3 Å². The average Bonchev–Trinajstić information content (AvgIpc) is 3.07. The van der Waals surface area contributed by atoms with E-state index in [1.54, 1.807) is 11.3 Å². The lowest BCUT2D eigenvalue weighted by molar-refractivity contribution is 0.880. The number of nitrogens with zero attached hydrogens (tertiary/aromatic N) is 3. The first-order chi connectivity index (χ1) is 9.28. The Labute approximate surface area is 115 Å². The number of aryl methyl sites for hydroxylation is 1. The van der Waals surface area contributed by atoms with Gasteiger partial charge in [-0.05, 0) is 36.1 Å². The van der Waals surface area contributed by atoms with Crippen molar-refractivity contribution >= 4 is 11.3 Å². The zero-order chi connectivity index (χ0) is 13.2. The molecule has 0 N–H and O–H groups in total. The van der Waals surface area contributed by atoms with E-state index in [-0.39, 0.29) is 0 Å². The summed E-state index contributed by atoms with van der Waals surface area (Å²) in [7, 11) is 0. The quantitative estimate of drug-likeness (QED) is 0.707. The van der Waals surface area contributed by atoms with Gasteiger partial charge in [0.05, 0.1) is 16.3 Å². The molecule has 0 fully saturated rings. The summed E-state index contributed by atoms with van der Waals surface area (Å²) >= 11 is 1.64. The fraction of sp³-hybridized carbons (Fsp3) is 0.0667. The minimum atomic E-state index is 0.435. The van der Waals surface area contributed by atoms with Crippen molar-refractivity contribution in [1.82, 2.24) is 9.78 Å². The first-order valence-electron chi connectivity index (χ1n) is 5.89. The molecule has 0 atom stereocenters. The van der Waals surface area contributed by atoms with Gasteiger partial charge in [-0.2, -0.15) is 10.4 Å². The Morgan fingerprint density at radius 2 is 2.11 bits per heavy atom. The molecule has 92 valence electrons. The highest BCUT2D eigenvalue weighted by atomic mass is 32.1. The van der Waals surface area contributed by atoms with Crippen LogP contribution in [0.1, 0.15) is 11.3 Å². The van der Waals surface area contributed by atoms with Crippen LogP contribution in [0.15, 0.2) is 47.8 Å². The lowest BCUT2D eigenvalue weighted by Crippen LogP contribution is -1.98. The van der Waals surface area contributed by atoms with E-state index >= 15 is 0 Å². The van der Waals surface area contributed by atoms with E-state index in [2.05, 4.69) is 17.2 Å². The van der Waals surface area contributed by atoms with Gasteiger partial charge < -0.3 is 0 Å². The monoisotopic (exact) mass is 265 g/mol. The number of thiophene rings is 1. The summed E-state index contributed by atoms with van der Waals surface area (Å²) < 4.78 is 1.83. The van der Waals surface area contributed by atoms with E-state index in [0.29, 0.717) is 5.69 Å². The second-order valence-corrected chi connectivity index (χ2v) is 5.20. The molecule has 0 aliphatic carbocycles. The average molecular weight is 265 g/mol. The van der Waals surface area contributed by atoms with Crippen LogP contribution < -0.4 is 0 Å². The summed E-state index contributed by atoms with van der Waals surface area (Å²) in [6.07, 6.45) is 0. The zero-order valence-electron chi connectivity index (χ0n) is 10.4. The van der Waals surface area contributed by atoms with E-state index in [4.69, 9.17) is 5.26 Å². The molecule has 0 aliphatic heterocycles. The Balaban J connectivity index is 2.21. The molecular weight excluding hydrogens is 254 g/mol. The molecule has 2 heterocycles. The fourth-order valence-corrected chi connectivity index (χ4v) is 2.72. The Kier molecular flexibility index (Phi) is 2.90. The summed E-state index contributed by atoms with van der Waals surface area (Å²) in [6.45, 7) is 2.04. The summed E-state index contributed by atoms with van der Waals surface area (Å²) in [5, 5.41) is 15.4. The van der Waals surface area contributed by atoms with Gasteiger partial charge in [-0.3, -0.25) is 0 Å². The van der Waals surface area contributed by atoms with Gasteiger partial charge in [0.1, 0.15) is 6.07 Å². The molecule has 3 nitrogen and oxygen atoms in total. The van der Waals surface area contributed by atoms with Crippen LogP contribution >= 0.6 is 11.3 Å². The number of hydrogen-bond acceptors (Lipinski definition) is 3. The van der Waals surface area contributed by atoms with E-state index in [1.807, 2.05) is 53.4 Å². The maximum atomic E-state index is 9.05. The molecule has 0 amide bonds. The van der Waals surface area contributed by atoms with Crippen LogP contribution in [0.25, 0.3) is 16.3 Å². The van der Waals surface area contributed by atoms with Gasteiger partial charge in [-0.25, -0.2) is 4.68 Å². The van der Waals surface area contributed by atoms with Crippen molar-refractivity contribution in [3.05, 3.63) is 59.1 Å². The van der Waals surface area contributed by atoms with E-state index < -0.39 is 0 Å². The Morgan fingerprint density at radius 1 is 1.21 bits per heavy atom. The third-order valence-electron chi connectivity index (χ3n) is 2.84. The second-order valence-electron chi connectivity index (χ2n) is 4.25. The highest BCUT2D eigenvalue weighted by Gasteiger charge is 2.12. The van der Waals surface area contributed by atoms with E-state index in [9.17, 15) is 0 Å². The van der Waals surface area contributed by atoms with E-state index in [1.165, 1.54) is 5.56 Å². The minimum Gasteiger partial charge on any atom is -0.231 e. The fourth-order valence-electron chi connectivity index (χ4n) is 1.99. The third-order valence-corrected chi connectivity index (χ3v) is 3.74.